The van der Waals surface area contributed by atoms with Crippen LogP contribution in [0.25, 0.3) is 0 Å². The van der Waals surface area contributed by atoms with Crippen LogP contribution in [0.1, 0.15) is 25.8 Å². The molecule has 0 aromatic heterocycles. The Labute approximate surface area is 105 Å². The molecular formula is C13H17F2NS. The van der Waals surface area contributed by atoms with Crippen molar-refractivity contribution in [2.45, 2.75) is 36.3 Å². The molecule has 1 aliphatic carbocycles. The Morgan fingerprint density at radius 2 is 2.06 bits per heavy atom. The Bertz CT molecular complexity index is 420. The summed E-state index contributed by atoms with van der Waals surface area (Å²) in [6.45, 7) is 4.92. The number of hydrogen-bond donors (Lipinski definition) is 1. The Kier molecular flexibility index (Phi) is 3.21. The molecule has 1 aromatic carbocycles. The van der Waals surface area contributed by atoms with Crippen LogP contribution in [0.4, 0.5) is 8.78 Å². The van der Waals surface area contributed by atoms with E-state index >= 15 is 0 Å². The Hall–Kier alpha value is -0.610. The first-order valence-electron chi connectivity index (χ1n) is 5.67. The number of alkyl halides is 2. The summed E-state index contributed by atoms with van der Waals surface area (Å²) in [7, 11) is 0. The van der Waals surface area contributed by atoms with Gasteiger partial charge in [0.15, 0.2) is 0 Å². The number of thioether (sulfide) groups is 1. The molecule has 2 N–H and O–H groups in total. The fraction of sp³-hybridized carbons (Fsp3) is 0.538. The van der Waals surface area contributed by atoms with Crippen LogP contribution in [-0.4, -0.2) is 12.3 Å². The highest BCUT2D eigenvalue weighted by Crippen LogP contribution is 2.63. The standard InChI is InChI=1S/C13H17F2NS/c1-12(2)7-13(12,8-16)9-4-3-5-10(6-9)17-11(14)15/h3-6,11H,7-8,16H2,1-2H3. The lowest BCUT2D eigenvalue weighted by Crippen LogP contribution is -2.25. The van der Waals surface area contributed by atoms with Gasteiger partial charge in [-0.3, -0.25) is 0 Å². The molecule has 0 saturated heterocycles. The van der Waals surface area contributed by atoms with Crippen molar-refractivity contribution in [3.05, 3.63) is 29.8 Å². The molecule has 2 rings (SSSR count). The molecule has 1 atom stereocenters. The summed E-state index contributed by atoms with van der Waals surface area (Å²) in [5, 5.41) is 0. The van der Waals surface area contributed by atoms with E-state index in [0.717, 1.165) is 12.0 Å². The summed E-state index contributed by atoms with van der Waals surface area (Å²) in [6.07, 6.45) is 1.03. The van der Waals surface area contributed by atoms with Crippen LogP contribution in [-0.2, 0) is 5.41 Å². The number of hydrogen-bond acceptors (Lipinski definition) is 2. The molecule has 0 aliphatic heterocycles. The summed E-state index contributed by atoms with van der Waals surface area (Å²) in [4.78, 5) is 0.619. The lowest BCUT2D eigenvalue weighted by Gasteiger charge is -2.19. The minimum atomic E-state index is -2.37. The number of halogens is 2. The summed E-state index contributed by atoms with van der Waals surface area (Å²) in [6, 6.07) is 7.42. The Morgan fingerprint density at radius 1 is 1.41 bits per heavy atom. The summed E-state index contributed by atoms with van der Waals surface area (Å²) >= 11 is 0.593. The molecule has 1 unspecified atom stereocenters. The number of nitrogens with two attached hydrogens (primary N) is 1. The normalized spacial score (nSPS) is 26.2. The van der Waals surface area contributed by atoms with Crippen molar-refractivity contribution in [2.75, 3.05) is 6.54 Å². The SMILES string of the molecule is CC1(C)CC1(CN)c1cccc(SC(F)F)c1. The summed E-state index contributed by atoms with van der Waals surface area (Å²) in [5.74, 6) is -2.37. The third-order valence-electron chi connectivity index (χ3n) is 3.87. The first-order chi connectivity index (χ1) is 7.91. The predicted molar refractivity (Wildman–Crippen MR) is 67.4 cm³/mol. The zero-order valence-corrected chi connectivity index (χ0v) is 10.9. The molecular weight excluding hydrogens is 240 g/mol. The van der Waals surface area contributed by atoms with Gasteiger partial charge in [-0.15, -0.1) is 0 Å². The van der Waals surface area contributed by atoms with E-state index in [2.05, 4.69) is 13.8 Å². The van der Waals surface area contributed by atoms with Gasteiger partial charge in [0.1, 0.15) is 0 Å². The van der Waals surface area contributed by atoms with Crippen molar-refractivity contribution < 1.29 is 8.78 Å². The van der Waals surface area contributed by atoms with E-state index in [1.54, 1.807) is 6.07 Å². The average Bonchev–Trinajstić information content (AvgIpc) is 2.82. The quantitative estimate of drug-likeness (QED) is 0.834. The van der Waals surface area contributed by atoms with E-state index in [1.807, 2.05) is 18.2 Å². The van der Waals surface area contributed by atoms with Crippen molar-refractivity contribution in [3.63, 3.8) is 0 Å². The van der Waals surface area contributed by atoms with Gasteiger partial charge >= 0.3 is 0 Å². The summed E-state index contributed by atoms with van der Waals surface area (Å²) in [5.41, 5.74) is 7.12. The van der Waals surface area contributed by atoms with Gasteiger partial charge in [-0.2, -0.15) is 8.78 Å². The van der Waals surface area contributed by atoms with Gasteiger partial charge in [-0.1, -0.05) is 37.7 Å². The fourth-order valence-corrected chi connectivity index (χ4v) is 3.20. The molecule has 94 valence electrons. The van der Waals surface area contributed by atoms with Crippen LogP contribution in [0.3, 0.4) is 0 Å². The minimum Gasteiger partial charge on any atom is -0.330 e. The lowest BCUT2D eigenvalue weighted by molar-refractivity contribution is 0.252. The van der Waals surface area contributed by atoms with Gasteiger partial charge in [0.2, 0.25) is 0 Å². The molecule has 0 heterocycles. The van der Waals surface area contributed by atoms with Crippen molar-refractivity contribution >= 4 is 11.8 Å². The van der Waals surface area contributed by atoms with E-state index in [-0.39, 0.29) is 10.8 Å². The second-order valence-electron chi connectivity index (χ2n) is 5.25. The van der Waals surface area contributed by atoms with E-state index in [0.29, 0.717) is 23.2 Å². The van der Waals surface area contributed by atoms with Crippen LogP contribution in [0, 0.1) is 5.41 Å². The highest BCUT2D eigenvalue weighted by Gasteiger charge is 2.60. The van der Waals surface area contributed by atoms with Crippen LogP contribution in [0.15, 0.2) is 29.2 Å². The second kappa shape index (κ2) is 4.25. The van der Waals surface area contributed by atoms with Crippen LogP contribution < -0.4 is 5.73 Å². The van der Waals surface area contributed by atoms with E-state index in [9.17, 15) is 8.78 Å². The molecule has 0 radical (unpaired) electrons. The van der Waals surface area contributed by atoms with Gasteiger partial charge in [0.25, 0.3) is 5.76 Å². The highest BCUT2D eigenvalue weighted by molar-refractivity contribution is 7.99. The van der Waals surface area contributed by atoms with Crippen molar-refractivity contribution in [1.29, 1.82) is 0 Å². The van der Waals surface area contributed by atoms with Crippen molar-refractivity contribution in [1.82, 2.24) is 0 Å². The molecule has 1 nitrogen and oxygen atoms in total. The lowest BCUT2D eigenvalue weighted by atomic mass is 9.88. The van der Waals surface area contributed by atoms with Gasteiger partial charge in [0.05, 0.1) is 0 Å². The number of rotatable bonds is 4. The maximum Gasteiger partial charge on any atom is 0.288 e. The zero-order chi connectivity index (χ0) is 12.7. The van der Waals surface area contributed by atoms with Crippen molar-refractivity contribution in [2.24, 2.45) is 11.1 Å². The molecule has 17 heavy (non-hydrogen) atoms. The third kappa shape index (κ3) is 2.20. The summed E-state index contributed by atoms with van der Waals surface area (Å²) < 4.78 is 24.7. The monoisotopic (exact) mass is 257 g/mol. The van der Waals surface area contributed by atoms with Crippen molar-refractivity contribution in [3.8, 4) is 0 Å². The first-order valence-corrected chi connectivity index (χ1v) is 6.55. The van der Waals surface area contributed by atoms with Gasteiger partial charge in [-0.25, -0.2) is 0 Å². The van der Waals surface area contributed by atoms with E-state index in [1.165, 1.54) is 0 Å². The second-order valence-corrected chi connectivity index (χ2v) is 6.32. The van der Waals surface area contributed by atoms with E-state index in [4.69, 9.17) is 5.73 Å². The maximum atomic E-state index is 12.3. The maximum absolute atomic E-state index is 12.3. The largest absolute Gasteiger partial charge is 0.330 e. The molecule has 1 fully saturated rings. The predicted octanol–water partition coefficient (Wildman–Crippen LogP) is 3.63. The van der Waals surface area contributed by atoms with Gasteiger partial charge < -0.3 is 5.73 Å². The molecule has 0 spiro atoms. The van der Waals surface area contributed by atoms with Gasteiger partial charge in [-0.05, 0) is 29.5 Å². The average molecular weight is 257 g/mol. The molecule has 0 bridgehead atoms. The minimum absolute atomic E-state index is 0.0221. The van der Waals surface area contributed by atoms with Crippen LogP contribution in [0.5, 0.6) is 0 Å². The van der Waals surface area contributed by atoms with Crippen LogP contribution in [0.2, 0.25) is 0 Å². The number of benzene rings is 1. The smallest absolute Gasteiger partial charge is 0.288 e. The third-order valence-corrected chi connectivity index (χ3v) is 4.58. The topological polar surface area (TPSA) is 26.0 Å². The van der Waals surface area contributed by atoms with E-state index < -0.39 is 5.76 Å². The van der Waals surface area contributed by atoms with Crippen LogP contribution >= 0.6 is 11.8 Å². The van der Waals surface area contributed by atoms with Gasteiger partial charge in [0, 0.05) is 16.9 Å². The molecule has 1 aliphatic rings. The molecule has 1 saturated carbocycles. The molecule has 1 aromatic rings. The Morgan fingerprint density at radius 3 is 2.53 bits per heavy atom. The zero-order valence-electron chi connectivity index (χ0n) is 10.0. The first kappa shape index (κ1) is 12.8. The molecule has 4 heteroatoms. The fourth-order valence-electron chi connectivity index (χ4n) is 2.64. The molecule has 0 amide bonds. The Balaban J connectivity index is 2.28. The highest BCUT2D eigenvalue weighted by atomic mass is 32.2.